The van der Waals surface area contributed by atoms with E-state index in [4.69, 9.17) is 0 Å². The predicted molar refractivity (Wildman–Crippen MR) is 56.2 cm³/mol. The second-order valence-corrected chi connectivity index (χ2v) is 5.63. The van der Waals surface area contributed by atoms with Crippen molar-refractivity contribution in [2.24, 2.45) is 5.92 Å². The minimum Gasteiger partial charge on any atom is -0.311 e. The van der Waals surface area contributed by atoms with Crippen LogP contribution in [0.2, 0.25) is 0 Å². The molecular weight excluding hydrogens is 217 g/mol. The van der Waals surface area contributed by atoms with Gasteiger partial charge in [0.25, 0.3) is 0 Å². The molecular formula is C11H19F3N2. The number of rotatable bonds is 2. The molecule has 2 rings (SSSR count). The van der Waals surface area contributed by atoms with E-state index >= 15 is 0 Å². The molecule has 16 heavy (non-hydrogen) atoms. The highest BCUT2D eigenvalue weighted by molar-refractivity contribution is 4.98. The van der Waals surface area contributed by atoms with Crippen LogP contribution in [0.25, 0.3) is 0 Å². The molecule has 1 saturated carbocycles. The van der Waals surface area contributed by atoms with Gasteiger partial charge in [-0.3, -0.25) is 4.90 Å². The van der Waals surface area contributed by atoms with E-state index in [9.17, 15) is 13.2 Å². The van der Waals surface area contributed by atoms with E-state index in [1.807, 2.05) is 13.8 Å². The molecule has 2 fully saturated rings. The third-order valence-corrected chi connectivity index (χ3v) is 3.63. The van der Waals surface area contributed by atoms with E-state index in [0.29, 0.717) is 19.0 Å². The van der Waals surface area contributed by atoms with Crippen molar-refractivity contribution in [1.29, 1.82) is 0 Å². The maximum Gasteiger partial charge on any atom is 0.401 e. The molecule has 5 heteroatoms. The van der Waals surface area contributed by atoms with Crippen molar-refractivity contribution < 1.29 is 13.2 Å². The quantitative estimate of drug-likeness (QED) is 0.789. The Morgan fingerprint density at radius 1 is 1.31 bits per heavy atom. The zero-order valence-corrected chi connectivity index (χ0v) is 9.77. The summed E-state index contributed by atoms with van der Waals surface area (Å²) in [6, 6.07) is 0.260. The molecule has 94 valence electrons. The van der Waals surface area contributed by atoms with Gasteiger partial charge in [0.05, 0.1) is 6.54 Å². The van der Waals surface area contributed by atoms with E-state index in [2.05, 4.69) is 5.32 Å². The highest BCUT2D eigenvalue weighted by Crippen LogP contribution is 2.36. The van der Waals surface area contributed by atoms with Crippen LogP contribution in [0.15, 0.2) is 0 Å². The van der Waals surface area contributed by atoms with E-state index < -0.39 is 18.3 Å². The molecule has 2 aliphatic rings. The Kier molecular flexibility index (Phi) is 2.95. The van der Waals surface area contributed by atoms with Gasteiger partial charge >= 0.3 is 6.18 Å². The molecule has 0 radical (unpaired) electrons. The molecule has 0 aromatic rings. The number of alkyl halides is 3. The smallest absolute Gasteiger partial charge is 0.311 e. The molecule has 0 spiro atoms. The Hall–Kier alpha value is -0.290. The van der Waals surface area contributed by atoms with Crippen LogP contribution in [0.5, 0.6) is 0 Å². The van der Waals surface area contributed by atoms with Gasteiger partial charge in [0.2, 0.25) is 0 Å². The van der Waals surface area contributed by atoms with Crippen molar-refractivity contribution in [3.63, 3.8) is 0 Å². The maximum atomic E-state index is 12.5. The van der Waals surface area contributed by atoms with Crippen LogP contribution < -0.4 is 5.32 Å². The standard InChI is InChI=1S/C11H19F3N2/c1-10(2)6-15-9(8-3-4-8)5-16(10)7-11(12,13)14/h8-9,15H,3-7H2,1-2H3. The highest BCUT2D eigenvalue weighted by Gasteiger charge is 2.44. The number of nitrogens with zero attached hydrogens (tertiary/aromatic N) is 1. The van der Waals surface area contributed by atoms with Gasteiger partial charge in [-0.05, 0) is 32.6 Å². The summed E-state index contributed by atoms with van der Waals surface area (Å²) < 4.78 is 37.4. The van der Waals surface area contributed by atoms with Crippen LogP contribution in [-0.2, 0) is 0 Å². The fraction of sp³-hybridized carbons (Fsp3) is 1.00. The van der Waals surface area contributed by atoms with Crippen molar-refractivity contribution in [2.75, 3.05) is 19.6 Å². The second-order valence-electron chi connectivity index (χ2n) is 5.63. The summed E-state index contributed by atoms with van der Waals surface area (Å²) in [5.41, 5.74) is -0.402. The van der Waals surface area contributed by atoms with E-state index in [1.165, 1.54) is 0 Å². The predicted octanol–water partition coefficient (Wildman–Crippen LogP) is 2.01. The molecule has 1 saturated heterocycles. The lowest BCUT2D eigenvalue weighted by atomic mass is 9.96. The van der Waals surface area contributed by atoms with Crippen molar-refractivity contribution in [1.82, 2.24) is 10.2 Å². The summed E-state index contributed by atoms with van der Waals surface area (Å²) in [5, 5.41) is 3.38. The first kappa shape index (κ1) is 12.2. The lowest BCUT2D eigenvalue weighted by Gasteiger charge is -2.46. The number of hydrogen-bond donors (Lipinski definition) is 1. The topological polar surface area (TPSA) is 15.3 Å². The average molecular weight is 236 g/mol. The summed E-state index contributed by atoms with van der Waals surface area (Å²) in [5.74, 6) is 0.604. The highest BCUT2D eigenvalue weighted by atomic mass is 19.4. The van der Waals surface area contributed by atoms with Gasteiger partial charge in [0, 0.05) is 24.7 Å². The number of piperazine rings is 1. The first-order chi connectivity index (χ1) is 7.28. The largest absolute Gasteiger partial charge is 0.401 e. The van der Waals surface area contributed by atoms with Crippen molar-refractivity contribution in [3.05, 3.63) is 0 Å². The SMILES string of the molecule is CC1(C)CNC(C2CC2)CN1CC(F)(F)F. The third kappa shape index (κ3) is 2.88. The van der Waals surface area contributed by atoms with Gasteiger partial charge in [-0.2, -0.15) is 13.2 Å². The third-order valence-electron chi connectivity index (χ3n) is 3.63. The Morgan fingerprint density at radius 2 is 1.94 bits per heavy atom. The minimum absolute atomic E-state index is 0.260. The van der Waals surface area contributed by atoms with Crippen LogP contribution in [-0.4, -0.2) is 42.3 Å². The van der Waals surface area contributed by atoms with E-state index in [1.54, 1.807) is 4.90 Å². The van der Waals surface area contributed by atoms with Crippen molar-refractivity contribution in [3.8, 4) is 0 Å². The number of halogens is 3. The van der Waals surface area contributed by atoms with Crippen LogP contribution in [0.4, 0.5) is 13.2 Å². The first-order valence-corrected chi connectivity index (χ1v) is 5.83. The Bertz CT molecular complexity index is 258. The second kappa shape index (κ2) is 3.88. The normalized spacial score (nSPS) is 31.7. The van der Waals surface area contributed by atoms with Gasteiger partial charge in [0.1, 0.15) is 0 Å². The minimum atomic E-state index is -4.09. The van der Waals surface area contributed by atoms with Gasteiger partial charge in [-0.25, -0.2) is 0 Å². The monoisotopic (exact) mass is 236 g/mol. The number of nitrogens with one attached hydrogen (secondary N) is 1. The van der Waals surface area contributed by atoms with Crippen LogP contribution >= 0.6 is 0 Å². The van der Waals surface area contributed by atoms with E-state index in [-0.39, 0.29) is 6.04 Å². The molecule has 1 unspecified atom stereocenters. The lowest BCUT2D eigenvalue weighted by molar-refractivity contribution is -0.161. The van der Waals surface area contributed by atoms with Gasteiger partial charge < -0.3 is 5.32 Å². The summed E-state index contributed by atoms with van der Waals surface area (Å²) >= 11 is 0. The van der Waals surface area contributed by atoms with Crippen LogP contribution in [0, 0.1) is 5.92 Å². The summed E-state index contributed by atoms with van der Waals surface area (Å²) in [7, 11) is 0. The lowest BCUT2D eigenvalue weighted by Crippen LogP contribution is -2.64. The maximum absolute atomic E-state index is 12.5. The summed E-state index contributed by atoms with van der Waals surface area (Å²) in [6.45, 7) is 4.12. The first-order valence-electron chi connectivity index (χ1n) is 5.83. The average Bonchev–Trinajstić information content (AvgIpc) is 2.89. The molecule has 2 nitrogen and oxygen atoms in total. The molecule has 0 amide bonds. The van der Waals surface area contributed by atoms with Gasteiger partial charge in [-0.1, -0.05) is 0 Å². The van der Waals surface area contributed by atoms with E-state index in [0.717, 1.165) is 12.8 Å². The Labute approximate surface area is 94.2 Å². The fourth-order valence-corrected chi connectivity index (χ4v) is 2.35. The van der Waals surface area contributed by atoms with Gasteiger partial charge in [-0.15, -0.1) is 0 Å². The Balaban J connectivity index is 1.99. The Morgan fingerprint density at radius 3 is 2.44 bits per heavy atom. The summed E-state index contributed by atoms with van der Waals surface area (Å²) in [4.78, 5) is 1.58. The molecule has 1 aliphatic heterocycles. The van der Waals surface area contributed by atoms with Crippen LogP contribution in [0.3, 0.4) is 0 Å². The zero-order valence-electron chi connectivity index (χ0n) is 9.77. The van der Waals surface area contributed by atoms with Crippen LogP contribution in [0.1, 0.15) is 26.7 Å². The van der Waals surface area contributed by atoms with Crippen molar-refractivity contribution >= 4 is 0 Å². The molecule has 0 bridgehead atoms. The zero-order chi connectivity index (χ0) is 12.0. The summed E-state index contributed by atoms with van der Waals surface area (Å²) in [6.07, 6.45) is -1.77. The van der Waals surface area contributed by atoms with Gasteiger partial charge in [0.15, 0.2) is 0 Å². The molecule has 0 aromatic carbocycles. The fourth-order valence-electron chi connectivity index (χ4n) is 2.35. The molecule has 1 heterocycles. The molecule has 1 aliphatic carbocycles. The molecule has 1 atom stereocenters. The molecule has 1 N–H and O–H groups in total. The number of hydrogen-bond acceptors (Lipinski definition) is 2. The van der Waals surface area contributed by atoms with Crippen molar-refractivity contribution in [2.45, 2.75) is 44.4 Å². The molecule has 0 aromatic heterocycles.